The molecule has 0 saturated carbocycles. The first-order valence-corrected chi connectivity index (χ1v) is 6.50. The molecule has 0 spiro atoms. The molecule has 0 bridgehead atoms. The average Bonchev–Trinajstić information content (AvgIpc) is 2.93. The summed E-state index contributed by atoms with van der Waals surface area (Å²) in [6, 6.07) is 7.86. The Hall–Kier alpha value is -1.45. The van der Waals surface area contributed by atoms with E-state index in [4.69, 9.17) is 23.2 Å². The first-order valence-electron chi connectivity index (χ1n) is 5.75. The Morgan fingerprint density at radius 1 is 1.11 bits per heavy atom. The molecule has 0 unspecified atom stereocenters. The average molecular weight is 278 g/mol. The molecule has 90 valence electrons. The molecule has 4 rings (SSSR count). The standard InChI is InChI=1S/C13H9Cl2N3/c14-8-6-10-12(7-9(8)15)18-5-4-17-3-1-2-11(17)13(18)16-10/h1-3,6-7H,4-5H2. The van der Waals surface area contributed by atoms with E-state index >= 15 is 0 Å². The van der Waals surface area contributed by atoms with Crippen LogP contribution in [0.4, 0.5) is 0 Å². The van der Waals surface area contributed by atoms with E-state index in [1.54, 1.807) is 0 Å². The summed E-state index contributed by atoms with van der Waals surface area (Å²) in [6.07, 6.45) is 2.08. The van der Waals surface area contributed by atoms with Crippen molar-refractivity contribution in [3.63, 3.8) is 0 Å². The summed E-state index contributed by atoms with van der Waals surface area (Å²) in [4.78, 5) is 4.67. The van der Waals surface area contributed by atoms with E-state index in [0.29, 0.717) is 10.0 Å². The lowest BCUT2D eigenvalue weighted by molar-refractivity contribution is 0.567. The Labute approximate surface area is 114 Å². The quantitative estimate of drug-likeness (QED) is 0.613. The van der Waals surface area contributed by atoms with Crippen LogP contribution in [-0.4, -0.2) is 14.1 Å². The van der Waals surface area contributed by atoms with Crippen molar-refractivity contribution < 1.29 is 0 Å². The highest BCUT2D eigenvalue weighted by Gasteiger charge is 2.20. The summed E-state index contributed by atoms with van der Waals surface area (Å²) in [5, 5.41) is 1.13. The molecule has 0 fully saturated rings. The number of aryl methyl sites for hydroxylation is 2. The van der Waals surface area contributed by atoms with E-state index in [-0.39, 0.29) is 0 Å². The molecule has 0 saturated heterocycles. The van der Waals surface area contributed by atoms with Gasteiger partial charge in [-0.2, -0.15) is 0 Å². The number of nitrogens with zero attached hydrogens (tertiary/aromatic N) is 3. The Kier molecular flexibility index (Phi) is 2.05. The highest BCUT2D eigenvalue weighted by atomic mass is 35.5. The van der Waals surface area contributed by atoms with Crippen LogP contribution < -0.4 is 0 Å². The largest absolute Gasteiger partial charge is 0.343 e. The van der Waals surface area contributed by atoms with E-state index in [1.165, 1.54) is 0 Å². The maximum absolute atomic E-state index is 6.09. The molecule has 0 radical (unpaired) electrons. The van der Waals surface area contributed by atoms with Gasteiger partial charge in [0.25, 0.3) is 0 Å². The van der Waals surface area contributed by atoms with Gasteiger partial charge in [-0.3, -0.25) is 0 Å². The molecular weight excluding hydrogens is 269 g/mol. The zero-order valence-electron chi connectivity index (χ0n) is 9.40. The number of aromatic nitrogens is 3. The zero-order chi connectivity index (χ0) is 12.3. The van der Waals surface area contributed by atoms with Crippen LogP contribution >= 0.6 is 23.2 Å². The SMILES string of the molecule is Clc1cc2nc3n(c2cc1Cl)CCn1cccc1-3. The van der Waals surface area contributed by atoms with Gasteiger partial charge in [-0.05, 0) is 24.3 Å². The van der Waals surface area contributed by atoms with Crippen LogP contribution in [0, 0.1) is 0 Å². The zero-order valence-corrected chi connectivity index (χ0v) is 10.9. The van der Waals surface area contributed by atoms with Crippen LogP contribution in [0.3, 0.4) is 0 Å². The summed E-state index contributed by atoms with van der Waals surface area (Å²) in [6.45, 7) is 1.87. The normalized spacial score (nSPS) is 13.7. The first-order chi connectivity index (χ1) is 8.74. The molecule has 0 aliphatic carbocycles. The fourth-order valence-corrected chi connectivity index (χ4v) is 2.88. The minimum atomic E-state index is 0.551. The van der Waals surface area contributed by atoms with E-state index in [9.17, 15) is 0 Å². The third kappa shape index (κ3) is 1.29. The van der Waals surface area contributed by atoms with Gasteiger partial charge in [-0.25, -0.2) is 4.98 Å². The third-order valence-corrected chi connectivity index (χ3v) is 4.14. The maximum atomic E-state index is 6.09. The van der Waals surface area contributed by atoms with Gasteiger partial charge in [-0.15, -0.1) is 0 Å². The van der Waals surface area contributed by atoms with Crippen LogP contribution in [0.25, 0.3) is 22.6 Å². The van der Waals surface area contributed by atoms with Gasteiger partial charge < -0.3 is 9.13 Å². The topological polar surface area (TPSA) is 22.8 Å². The van der Waals surface area contributed by atoms with Crippen molar-refractivity contribution in [2.75, 3.05) is 0 Å². The number of hydrogen-bond donors (Lipinski definition) is 0. The molecule has 3 aromatic rings. The van der Waals surface area contributed by atoms with Crippen molar-refractivity contribution >= 4 is 34.2 Å². The number of hydrogen-bond acceptors (Lipinski definition) is 1. The lowest BCUT2D eigenvalue weighted by atomic mass is 10.3. The second-order valence-electron chi connectivity index (χ2n) is 4.43. The van der Waals surface area contributed by atoms with Gasteiger partial charge in [0.1, 0.15) is 0 Å². The smallest absolute Gasteiger partial charge is 0.157 e. The molecule has 5 heteroatoms. The summed E-state index contributed by atoms with van der Waals surface area (Å²) in [7, 11) is 0. The highest BCUT2D eigenvalue weighted by Crippen LogP contribution is 2.33. The number of rotatable bonds is 0. The van der Waals surface area contributed by atoms with Crippen LogP contribution in [0.1, 0.15) is 0 Å². The summed E-state index contributed by atoms with van der Waals surface area (Å²) < 4.78 is 4.41. The van der Waals surface area contributed by atoms with Gasteiger partial charge in [0, 0.05) is 19.3 Å². The van der Waals surface area contributed by atoms with Gasteiger partial charge in [-0.1, -0.05) is 23.2 Å². The lowest BCUT2D eigenvalue weighted by Crippen LogP contribution is -2.15. The molecule has 1 aliphatic rings. The predicted octanol–water partition coefficient (Wildman–Crippen LogP) is 3.83. The molecule has 1 aromatic carbocycles. The molecular formula is C13H9Cl2N3. The Morgan fingerprint density at radius 3 is 2.83 bits per heavy atom. The van der Waals surface area contributed by atoms with E-state index < -0.39 is 0 Å². The van der Waals surface area contributed by atoms with Gasteiger partial charge in [0.05, 0.1) is 26.8 Å². The molecule has 0 atom stereocenters. The third-order valence-electron chi connectivity index (χ3n) is 3.41. The predicted molar refractivity (Wildman–Crippen MR) is 73.2 cm³/mol. The van der Waals surface area contributed by atoms with Crippen molar-refractivity contribution in [1.29, 1.82) is 0 Å². The van der Waals surface area contributed by atoms with Crippen LogP contribution in [0.5, 0.6) is 0 Å². The van der Waals surface area contributed by atoms with Crippen molar-refractivity contribution in [3.05, 3.63) is 40.5 Å². The van der Waals surface area contributed by atoms with E-state index in [1.807, 2.05) is 18.2 Å². The molecule has 3 nitrogen and oxygen atoms in total. The van der Waals surface area contributed by atoms with Gasteiger partial charge >= 0.3 is 0 Å². The van der Waals surface area contributed by atoms with E-state index in [2.05, 4.69) is 26.4 Å². The highest BCUT2D eigenvalue weighted by molar-refractivity contribution is 6.42. The maximum Gasteiger partial charge on any atom is 0.157 e. The van der Waals surface area contributed by atoms with Crippen molar-refractivity contribution in [2.24, 2.45) is 0 Å². The minimum absolute atomic E-state index is 0.551. The molecule has 18 heavy (non-hydrogen) atoms. The number of halogens is 2. The van der Waals surface area contributed by atoms with Crippen LogP contribution in [0.2, 0.25) is 10.0 Å². The molecule has 1 aliphatic heterocycles. The lowest BCUT2D eigenvalue weighted by Gasteiger charge is -2.18. The van der Waals surface area contributed by atoms with Crippen LogP contribution in [-0.2, 0) is 13.1 Å². The number of fused-ring (bicyclic) bond motifs is 5. The van der Waals surface area contributed by atoms with Gasteiger partial charge in [0.15, 0.2) is 5.82 Å². The van der Waals surface area contributed by atoms with Crippen molar-refractivity contribution in [1.82, 2.24) is 14.1 Å². The number of benzene rings is 1. The molecule has 0 N–H and O–H groups in total. The van der Waals surface area contributed by atoms with Crippen molar-refractivity contribution in [2.45, 2.75) is 13.1 Å². The minimum Gasteiger partial charge on any atom is -0.343 e. The molecule has 0 amide bonds. The molecule has 3 heterocycles. The van der Waals surface area contributed by atoms with Gasteiger partial charge in [0.2, 0.25) is 0 Å². The van der Waals surface area contributed by atoms with Crippen LogP contribution in [0.15, 0.2) is 30.5 Å². The Morgan fingerprint density at radius 2 is 1.94 bits per heavy atom. The first kappa shape index (κ1) is 10.5. The fourth-order valence-electron chi connectivity index (χ4n) is 2.56. The Bertz CT molecular complexity index is 770. The fraction of sp³-hybridized carbons (Fsp3) is 0.154. The van der Waals surface area contributed by atoms with E-state index in [0.717, 1.165) is 35.6 Å². The van der Waals surface area contributed by atoms with Crippen molar-refractivity contribution in [3.8, 4) is 11.5 Å². The monoisotopic (exact) mass is 277 g/mol. The number of imidazole rings is 1. The summed E-state index contributed by atoms with van der Waals surface area (Å²) in [5.41, 5.74) is 3.09. The molecule has 2 aromatic heterocycles. The second-order valence-corrected chi connectivity index (χ2v) is 5.24. The summed E-state index contributed by atoms with van der Waals surface area (Å²) >= 11 is 12.1. The summed E-state index contributed by atoms with van der Waals surface area (Å²) in [5.74, 6) is 0.986. The second kappa shape index (κ2) is 3.53. The Balaban J connectivity index is 2.09.